The molecule has 8 heteroatoms. The van der Waals surface area contributed by atoms with E-state index >= 15 is 0 Å². The number of carbonyl (C=O) groups is 1. The second-order valence-electron chi connectivity index (χ2n) is 9.60. The van der Waals surface area contributed by atoms with Crippen LogP contribution in [0.15, 0.2) is 67.0 Å². The second kappa shape index (κ2) is 10.2. The number of aromatic nitrogens is 1. The third kappa shape index (κ3) is 4.91. The molecule has 0 radical (unpaired) electrons. The molecule has 1 spiro atoms. The van der Waals surface area contributed by atoms with Gasteiger partial charge < -0.3 is 29.2 Å². The maximum Gasteiger partial charge on any atom is 0.255 e. The van der Waals surface area contributed by atoms with Gasteiger partial charge in [0.2, 0.25) is 0 Å². The number of ether oxygens (including phenoxy) is 2. The Hall–Kier alpha value is -3.52. The number of nitrogens with zero attached hydrogens (tertiary/aromatic N) is 3. The highest BCUT2D eigenvalue weighted by Gasteiger charge is 2.42. The topological polar surface area (TPSA) is 59.0 Å². The van der Waals surface area contributed by atoms with Crippen LogP contribution in [0.4, 0.5) is 5.69 Å². The van der Waals surface area contributed by atoms with Gasteiger partial charge in [-0.25, -0.2) is 0 Å². The summed E-state index contributed by atoms with van der Waals surface area (Å²) < 4.78 is 12.7. The molecule has 2 aliphatic rings. The highest BCUT2D eigenvalue weighted by molar-refractivity contribution is 7.80. The first-order valence-electron chi connectivity index (χ1n) is 12.3. The van der Waals surface area contributed by atoms with Crippen molar-refractivity contribution in [3.8, 4) is 17.2 Å². The van der Waals surface area contributed by atoms with E-state index in [2.05, 4.69) is 10.2 Å². The van der Waals surface area contributed by atoms with Gasteiger partial charge in [-0.1, -0.05) is 12.1 Å². The van der Waals surface area contributed by atoms with E-state index in [1.165, 1.54) is 0 Å². The number of rotatable bonds is 5. The Balaban J connectivity index is 1.21. The van der Waals surface area contributed by atoms with Crippen molar-refractivity contribution in [2.45, 2.75) is 19.3 Å². The Labute approximate surface area is 217 Å². The maximum atomic E-state index is 13.5. The van der Waals surface area contributed by atoms with Gasteiger partial charge in [-0.15, -0.1) is 0 Å². The van der Waals surface area contributed by atoms with Crippen LogP contribution in [-0.2, 0) is 0 Å². The lowest BCUT2D eigenvalue weighted by Gasteiger charge is -2.39. The molecule has 5 rings (SSSR count). The number of hydrogen-bond acceptors (Lipinski definition) is 4. The standard InChI is InChI=1S/C28H32N4O3S/c1-34-22-17-21(18-23(19-22)35-2)29-27(36)32-16-11-28(20-32)9-14-31(15-10-28)26(33)24-7-3-4-8-25(24)30-12-5-6-13-30/h3-8,12-13,17-19H,9-11,14-16,20H2,1-2H3,(H,29,36). The third-order valence-corrected chi connectivity index (χ3v) is 7.82. The highest BCUT2D eigenvalue weighted by Crippen LogP contribution is 2.41. The number of carbonyl (C=O) groups excluding carboxylic acids is 1. The number of methoxy groups -OCH3 is 2. The van der Waals surface area contributed by atoms with E-state index in [1.54, 1.807) is 14.2 Å². The van der Waals surface area contributed by atoms with Gasteiger partial charge in [0, 0.05) is 62.5 Å². The molecule has 0 atom stereocenters. The van der Waals surface area contributed by atoms with Crippen LogP contribution < -0.4 is 14.8 Å². The van der Waals surface area contributed by atoms with E-state index in [4.69, 9.17) is 21.7 Å². The quantitative estimate of drug-likeness (QED) is 0.503. The minimum absolute atomic E-state index is 0.105. The van der Waals surface area contributed by atoms with Crippen LogP contribution in [0.1, 0.15) is 29.6 Å². The van der Waals surface area contributed by atoms with E-state index in [1.807, 2.05) is 76.5 Å². The summed E-state index contributed by atoms with van der Waals surface area (Å²) in [5, 5.41) is 4.06. The minimum Gasteiger partial charge on any atom is -0.497 e. The maximum absolute atomic E-state index is 13.5. The molecular formula is C28H32N4O3S. The first-order valence-corrected chi connectivity index (χ1v) is 12.7. The summed E-state index contributed by atoms with van der Waals surface area (Å²) in [6, 6.07) is 17.5. The first kappa shape index (κ1) is 24.2. The Kier molecular flexibility index (Phi) is 6.87. The molecule has 2 aromatic carbocycles. The van der Waals surface area contributed by atoms with Crippen molar-refractivity contribution in [3.05, 3.63) is 72.6 Å². The monoisotopic (exact) mass is 504 g/mol. The van der Waals surface area contributed by atoms with Gasteiger partial charge in [0.05, 0.1) is 25.5 Å². The van der Waals surface area contributed by atoms with Crippen LogP contribution in [0.5, 0.6) is 11.5 Å². The molecule has 1 aromatic heterocycles. The van der Waals surface area contributed by atoms with E-state index < -0.39 is 0 Å². The Morgan fingerprint density at radius 3 is 2.14 bits per heavy atom. The molecule has 36 heavy (non-hydrogen) atoms. The second-order valence-corrected chi connectivity index (χ2v) is 9.99. The summed E-state index contributed by atoms with van der Waals surface area (Å²) in [7, 11) is 3.27. The molecule has 2 saturated heterocycles. The van der Waals surface area contributed by atoms with Gasteiger partial charge in [0.1, 0.15) is 11.5 Å². The summed E-state index contributed by atoms with van der Waals surface area (Å²) in [5.74, 6) is 1.54. The lowest BCUT2D eigenvalue weighted by molar-refractivity contribution is 0.0599. The van der Waals surface area contributed by atoms with E-state index in [0.717, 1.165) is 62.4 Å². The molecular weight excluding hydrogens is 472 g/mol. The van der Waals surface area contributed by atoms with Gasteiger partial charge >= 0.3 is 0 Å². The average molecular weight is 505 g/mol. The molecule has 3 heterocycles. The van der Waals surface area contributed by atoms with Gasteiger partial charge in [0.15, 0.2) is 5.11 Å². The smallest absolute Gasteiger partial charge is 0.255 e. The zero-order valence-electron chi connectivity index (χ0n) is 20.8. The summed E-state index contributed by atoms with van der Waals surface area (Å²) in [6.07, 6.45) is 7.00. The fraction of sp³-hybridized carbons (Fsp3) is 0.357. The predicted octanol–water partition coefficient (Wildman–Crippen LogP) is 4.82. The molecule has 0 bridgehead atoms. The Bertz CT molecular complexity index is 1210. The SMILES string of the molecule is COc1cc(NC(=S)N2CCC3(CCN(C(=O)c4ccccc4-n4cccc4)CC3)C2)cc(OC)c1. The minimum atomic E-state index is 0.105. The van der Waals surface area contributed by atoms with Gasteiger partial charge in [-0.2, -0.15) is 0 Å². The number of thiocarbonyl (C=S) groups is 1. The van der Waals surface area contributed by atoms with Crippen molar-refractivity contribution in [2.24, 2.45) is 5.41 Å². The summed E-state index contributed by atoms with van der Waals surface area (Å²) in [4.78, 5) is 17.7. The van der Waals surface area contributed by atoms with Gasteiger partial charge in [-0.05, 0) is 61.2 Å². The molecule has 7 nitrogen and oxygen atoms in total. The molecule has 188 valence electrons. The zero-order chi connectivity index (χ0) is 25.1. The molecule has 0 aliphatic carbocycles. The molecule has 2 fully saturated rings. The lowest BCUT2D eigenvalue weighted by atomic mass is 9.77. The molecule has 1 N–H and O–H groups in total. The number of nitrogens with one attached hydrogen (secondary N) is 1. The largest absolute Gasteiger partial charge is 0.497 e. The van der Waals surface area contributed by atoms with Crippen molar-refractivity contribution in [3.63, 3.8) is 0 Å². The van der Waals surface area contributed by atoms with Crippen LogP contribution in [0.2, 0.25) is 0 Å². The molecule has 3 aromatic rings. The van der Waals surface area contributed by atoms with E-state index in [-0.39, 0.29) is 11.3 Å². The van der Waals surface area contributed by atoms with Crippen molar-refractivity contribution in [1.29, 1.82) is 0 Å². The predicted molar refractivity (Wildman–Crippen MR) is 145 cm³/mol. The van der Waals surface area contributed by atoms with Gasteiger partial charge in [0.25, 0.3) is 5.91 Å². The Morgan fingerprint density at radius 1 is 0.889 bits per heavy atom. The van der Waals surface area contributed by atoms with Crippen molar-refractivity contribution < 1.29 is 14.3 Å². The number of hydrogen-bond donors (Lipinski definition) is 1. The fourth-order valence-electron chi connectivity index (χ4n) is 5.33. The van der Waals surface area contributed by atoms with Crippen LogP contribution >= 0.6 is 12.2 Å². The lowest BCUT2D eigenvalue weighted by Crippen LogP contribution is -2.45. The summed E-state index contributed by atoms with van der Waals surface area (Å²) in [6.45, 7) is 3.35. The Morgan fingerprint density at radius 2 is 1.50 bits per heavy atom. The molecule has 2 aliphatic heterocycles. The van der Waals surface area contributed by atoms with Crippen LogP contribution in [0, 0.1) is 5.41 Å². The number of para-hydroxylation sites is 1. The molecule has 0 unspecified atom stereocenters. The third-order valence-electron chi connectivity index (χ3n) is 7.46. The first-order chi connectivity index (χ1) is 17.5. The van der Waals surface area contributed by atoms with Crippen LogP contribution in [0.3, 0.4) is 0 Å². The van der Waals surface area contributed by atoms with Gasteiger partial charge in [-0.3, -0.25) is 4.79 Å². The van der Waals surface area contributed by atoms with E-state index in [9.17, 15) is 4.79 Å². The zero-order valence-corrected chi connectivity index (χ0v) is 21.6. The summed E-state index contributed by atoms with van der Waals surface area (Å²) >= 11 is 5.76. The number of amides is 1. The number of benzene rings is 2. The molecule has 0 saturated carbocycles. The highest BCUT2D eigenvalue weighted by atomic mass is 32.1. The number of anilines is 1. The van der Waals surface area contributed by atoms with Crippen molar-refractivity contribution in [1.82, 2.24) is 14.4 Å². The number of likely N-dealkylation sites (tertiary alicyclic amines) is 2. The van der Waals surface area contributed by atoms with Crippen LogP contribution in [-0.4, -0.2) is 65.8 Å². The normalized spacial score (nSPS) is 16.7. The van der Waals surface area contributed by atoms with Crippen molar-refractivity contribution >= 4 is 28.9 Å². The van der Waals surface area contributed by atoms with E-state index in [0.29, 0.717) is 16.6 Å². The van der Waals surface area contributed by atoms with Crippen LogP contribution in [0.25, 0.3) is 5.69 Å². The fourth-order valence-corrected chi connectivity index (χ4v) is 5.60. The summed E-state index contributed by atoms with van der Waals surface area (Å²) in [5.41, 5.74) is 2.70. The average Bonchev–Trinajstić information content (AvgIpc) is 3.59. The number of piperidine rings is 1. The molecule has 1 amide bonds. The van der Waals surface area contributed by atoms with Crippen molar-refractivity contribution in [2.75, 3.05) is 45.7 Å².